The SMILES string of the molecule is C=C(C)CCN1C(=O)C(C2=NP(=O)(OCC)c3cc(N(C(=O)c4ccccc4)S(C)(=O)=O)ccc3N2)=C(OC(=O)c2ccccc2)C1C. The fraction of sp³-hybridized carbons (Fsp3) is 0.235. The average Bonchev–Trinajstić information content (AvgIpc) is 3.28. The molecule has 3 aromatic rings. The van der Waals surface area contributed by atoms with Gasteiger partial charge in [0.2, 0.25) is 10.0 Å². The highest BCUT2D eigenvalue weighted by molar-refractivity contribution is 7.92. The molecule has 2 aliphatic heterocycles. The minimum Gasteiger partial charge on any atom is -0.424 e. The number of sulfonamides is 1. The average molecular weight is 691 g/mol. The van der Waals surface area contributed by atoms with Crippen LogP contribution in [0.1, 0.15) is 47.9 Å². The van der Waals surface area contributed by atoms with E-state index in [1.807, 2.05) is 6.92 Å². The van der Waals surface area contributed by atoms with Gasteiger partial charge in [0.05, 0.1) is 41.1 Å². The van der Waals surface area contributed by atoms with Crippen LogP contribution in [0.5, 0.6) is 0 Å². The molecule has 2 unspecified atom stereocenters. The van der Waals surface area contributed by atoms with Gasteiger partial charge in [-0.05, 0) is 69.7 Å². The summed E-state index contributed by atoms with van der Waals surface area (Å²) in [5.41, 5.74) is 1.25. The predicted molar refractivity (Wildman–Crippen MR) is 184 cm³/mol. The van der Waals surface area contributed by atoms with E-state index in [1.165, 1.54) is 35.2 Å². The molecule has 14 heteroatoms. The van der Waals surface area contributed by atoms with Gasteiger partial charge in [-0.1, -0.05) is 42.0 Å². The second kappa shape index (κ2) is 13.7. The van der Waals surface area contributed by atoms with Crippen molar-refractivity contribution in [3.8, 4) is 0 Å². The van der Waals surface area contributed by atoms with Crippen molar-refractivity contribution in [1.82, 2.24) is 4.90 Å². The normalized spacial score (nSPS) is 18.9. The van der Waals surface area contributed by atoms with E-state index in [1.54, 1.807) is 62.4 Å². The van der Waals surface area contributed by atoms with Crippen molar-refractivity contribution in [3.05, 3.63) is 113 Å². The molecule has 0 radical (unpaired) electrons. The number of amidine groups is 1. The maximum atomic E-state index is 14.6. The largest absolute Gasteiger partial charge is 0.424 e. The molecule has 1 N–H and O–H groups in total. The van der Waals surface area contributed by atoms with Crippen molar-refractivity contribution in [3.63, 3.8) is 0 Å². The quantitative estimate of drug-likeness (QED) is 0.161. The minimum absolute atomic E-state index is 0.0128. The number of anilines is 2. The van der Waals surface area contributed by atoms with E-state index >= 15 is 0 Å². The van der Waals surface area contributed by atoms with E-state index in [0.29, 0.717) is 10.7 Å². The first-order valence-electron chi connectivity index (χ1n) is 15.1. The van der Waals surface area contributed by atoms with Crippen molar-refractivity contribution in [2.45, 2.75) is 33.2 Å². The van der Waals surface area contributed by atoms with Crippen LogP contribution in [-0.2, 0) is 28.6 Å². The van der Waals surface area contributed by atoms with Gasteiger partial charge >= 0.3 is 13.5 Å². The van der Waals surface area contributed by atoms with Crippen LogP contribution in [0.4, 0.5) is 11.4 Å². The number of benzene rings is 3. The molecular weight excluding hydrogens is 655 g/mol. The fourth-order valence-electron chi connectivity index (χ4n) is 5.34. The minimum atomic E-state index is -4.22. The Morgan fingerprint density at radius 3 is 2.25 bits per heavy atom. The number of rotatable bonds is 11. The van der Waals surface area contributed by atoms with Crippen LogP contribution >= 0.6 is 7.52 Å². The highest BCUT2D eigenvalue weighted by Crippen LogP contribution is 2.53. The molecule has 2 amide bonds. The van der Waals surface area contributed by atoms with E-state index < -0.39 is 41.4 Å². The van der Waals surface area contributed by atoms with Crippen LogP contribution in [0.2, 0.25) is 0 Å². The summed E-state index contributed by atoms with van der Waals surface area (Å²) in [6, 6.07) is 19.5. The molecule has 48 heavy (non-hydrogen) atoms. The third kappa shape index (κ3) is 6.89. The molecule has 0 saturated heterocycles. The van der Waals surface area contributed by atoms with E-state index in [-0.39, 0.29) is 58.1 Å². The number of hydrogen-bond acceptors (Lipinski definition) is 9. The van der Waals surface area contributed by atoms with Crippen molar-refractivity contribution in [2.24, 2.45) is 4.76 Å². The number of hydrogen-bond donors (Lipinski definition) is 1. The van der Waals surface area contributed by atoms with Gasteiger partial charge in [0, 0.05) is 12.1 Å². The first-order chi connectivity index (χ1) is 22.7. The van der Waals surface area contributed by atoms with Crippen LogP contribution in [0.25, 0.3) is 0 Å². The lowest BCUT2D eigenvalue weighted by atomic mass is 10.1. The van der Waals surface area contributed by atoms with E-state index in [0.717, 1.165) is 11.8 Å². The predicted octanol–water partition coefficient (Wildman–Crippen LogP) is 5.28. The van der Waals surface area contributed by atoms with E-state index in [4.69, 9.17) is 9.26 Å². The first kappa shape index (κ1) is 34.5. The molecule has 12 nitrogen and oxygen atoms in total. The number of carbonyl (C=O) groups excluding carboxylic acids is 3. The Bertz CT molecular complexity index is 2010. The zero-order chi connectivity index (χ0) is 34.8. The van der Waals surface area contributed by atoms with Crippen LogP contribution in [-0.4, -0.2) is 62.4 Å². The Hall–Kier alpha value is -4.84. The Kier molecular flexibility index (Phi) is 9.86. The van der Waals surface area contributed by atoms with Gasteiger partial charge in [-0.2, -0.15) is 4.76 Å². The molecule has 5 rings (SSSR count). The lowest BCUT2D eigenvalue weighted by molar-refractivity contribution is -0.126. The van der Waals surface area contributed by atoms with Gasteiger partial charge in [-0.15, -0.1) is 6.58 Å². The van der Waals surface area contributed by atoms with Gasteiger partial charge in [0.1, 0.15) is 11.3 Å². The number of nitrogens with one attached hydrogen (secondary N) is 1. The maximum absolute atomic E-state index is 14.6. The van der Waals surface area contributed by atoms with Gasteiger partial charge in [-0.25, -0.2) is 17.5 Å². The summed E-state index contributed by atoms with van der Waals surface area (Å²) in [6.45, 7) is 9.30. The maximum Gasteiger partial charge on any atom is 0.348 e. The lowest BCUT2D eigenvalue weighted by Gasteiger charge is -2.27. The summed E-state index contributed by atoms with van der Waals surface area (Å²) in [4.78, 5) is 42.1. The summed E-state index contributed by atoms with van der Waals surface area (Å²) < 4.78 is 57.0. The highest BCUT2D eigenvalue weighted by Gasteiger charge is 2.45. The zero-order valence-electron chi connectivity index (χ0n) is 26.9. The van der Waals surface area contributed by atoms with Crippen molar-refractivity contribution in [2.75, 3.05) is 29.0 Å². The Labute approximate surface area is 279 Å². The number of nitrogens with zero attached hydrogens (tertiary/aromatic N) is 3. The summed E-state index contributed by atoms with van der Waals surface area (Å²) in [6.07, 6.45) is 1.38. The third-order valence-electron chi connectivity index (χ3n) is 7.64. The molecule has 0 bridgehead atoms. The van der Waals surface area contributed by atoms with Gasteiger partial charge in [0.25, 0.3) is 11.8 Å². The van der Waals surface area contributed by atoms with Crippen LogP contribution < -0.4 is 14.9 Å². The van der Waals surface area contributed by atoms with Crippen molar-refractivity contribution >= 4 is 57.8 Å². The molecule has 250 valence electrons. The number of amides is 2. The van der Waals surface area contributed by atoms with Crippen molar-refractivity contribution < 1.29 is 36.6 Å². The van der Waals surface area contributed by atoms with Crippen LogP contribution in [0.15, 0.2) is 107 Å². The molecule has 2 aliphatic rings. The molecule has 0 saturated carbocycles. The molecule has 0 aliphatic carbocycles. The smallest absolute Gasteiger partial charge is 0.348 e. The number of fused-ring (bicyclic) bond motifs is 1. The third-order valence-corrected chi connectivity index (χ3v) is 10.7. The summed E-state index contributed by atoms with van der Waals surface area (Å²) in [7, 11) is -8.37. The fourth-order valence-corrected chi connectivity index (χ4v) is 8.04. The molecule has 0 spiro atoms. The number of ether oxygens (including phenoxy) is 1. The summed E-state index contributed by atoms with van der Waals surface area (Å²) >= 11 is 0. The van der Waals surface area contributed by atoms with Gasteiger partial charge in [-0.3, -0.25) is 14.2 Å². The Morgan fingerprint density at radius 2 is 1.67 bits per heavy atom. The Morgan fingerprint density at radius 1 is 1.04 bits per heavy atom. The molecule has 3 aromatic carbocycles. The van der Waals surface area contributed by atoms with Crippen LogP contribution in [0, 0.1) is 0 Å². The van der Waals surface area contributed by atoms with E-state index in [9.17, 15) is 27.4 Å². The second-order valence-corrected chi connectivity index (χ2v) is 15.1. The molecular formula is C34H35N4O8PS. The number of esters is 1. The summed E-state index contributed by atoms with van der Waals surface area (Å²) in [5, 5.41) is 3.02. The van der Waals surface area contributed by atoms with E-state index in [2.05, 4.69) is 16.7 Å². The lowest BCUT2D eigenvalue weighted by Crippen LogP contribution is -2.38. The van der Waals surface area contributed by atoms with Gasteiger partial charge < -0.3 is 19.5 Å². The molecule has 2 heterocycles. The molecule has 2 atom stereocenters. The second-order valence-electron chi connectivity index (χ2n) is 11.3. The zero-order valence-corrected chi connectivity index (χ0v) is 28.6. The molecule has 0 fully saturated rings. The topological polar surface area (TPSA) is 152 Å². The number of carbonyl (C=O) groups is 3. The summed E-state index contributed by atoms with van der Waals surface area (Å²) in [5.74, 6) is -2.14. The highest BCUT2D eigenvalue weighted by atomic mass is 32.2. The van der Waals surface area contributed by atoms with Crippen LogP contribution in [0.3, 0.4) is 0 Å². The monoisotopic (exact) mass is 690 g/mol. The van der Waals surface area contributed by atoms with Crippen molar-refractivity contribution in [1.29, 1.82) is 0 Å². The Balaban J connectivity index is 1.61. The standard InChI is InChI=1S/C34H35N4O8PS/c1-6-45-47(42)28-21-26(38(48(5,43)44)32(39)24-13-9-7-10-14-24)17-18-27(28)35-31(36-47)29-30(46-34(41)25-15-11-8-12-16-25)23(4)37(33(29)40)20-19-22(2)3/h7-18,21,23H,2,6,19-20H2,1,3-5H3,(H,35,36,42). The van der Waals surface area contributed by atoms with Gasteiger partial charge in [0.15, 0.2) is 5.84 Å². The molecule has 0 aromatic heterocycles. The first-order valence-corrected chi connectivity index (χ1v) is 18.5.